The summed E-state index contributed by atoms with van der Waals surface area (Å²) in [6.07, 6.45) is 8.07. The summed E-state index contributed by atoms with van der Waals surface area (Å²) in [5, 5.41) is 4.12. The fourth-order valence-corrected chi connectivity index (χ4v) is 3.36. The van der Waals surface area contributed by atoms with Gasteiger partial charge in [0.15, 0.2) is 0 Å². The molecule has 0 spiro atoms. The molecule has 1 aliphatic rings. The molecule has 22 heavy (non-hydrogen) atoms. The van der Waals surface area contributed by atoms with Gasteiger partial charge in [-0.1, -0.05) is 66.6 Å². The molecule has 0 fully saturated rings. The maximum atomic E-state index is 5.37. The van der Waals surface area contributed by atoms with Crippen molar-refractivity contribution in [1.29, 1.82) is 0 Å². The fourth-order valence-electron chi connectivity index (χ4n) is 3.36. The van der Waals surface area contributed by atoms with Gasteiger partial charge in [0, 0.05) is 11.5 Å². The molecule has 3 rings (SSSR count). The van der Waals surface area contributed by atoms with E-state index in [0.717, 1.165) is 24.3 Å². The number of hydrogen-bond donors (Lipinski definition) is 0. The first-order valence-electron chi connectivity index (χ1n) is 8.08. The van der Waals surface area contributed by atoms with Gasteiger partial charge in [-0.25, -0.2) is 0 Å². The van der Waals surface area contributed by atoms with Crippen LogP contribution in [0.2, 0.25) is 0 Å². The minimum Gasteiger partial charge on any atom is -0.361 e. The van der Waals surface area contributed by atoms with Gasteiger partial charge >= 0.3 is 0 Å². The number of hydrogen-bond acceptors (Lipinski definition) is 2. The molecule has 2 nitrogen and oxygen atoms in total. The van der Waals surface area contributed by atoms with Crippen molar-refractivity contribution >= 4 is 5.57 Å². The van der Waals surface area contributed by atoms with E-state index in [2.05, 4.69) is 54.6 Å². The Labute approximate surface area is 132 Å². The van der Waals surface area contributed by atoms with Gasteiger partial charge in [0.1, 0.15) is 5.76 Å². The number of aromatic nitrogens is 1. The summed E-state index contributed by atoms with van der Waals surface area (Å²) in [7, 11) is 0. The summed E-state index contributed by atoms with van der Waals surface area (Å²) < 4.78 is 5.37. The topological polar surface area (TPSA) is 26.0 Å². The monoisotopic (exact) mass is 293 g/mol. The summed E-state index contributed by atoms with van der Waals surface area (Å²) in [5.74, 6) is 1.37. The quantitative estimate of drug-likeness (QED) is 0.734. The average Bonchev–Trinajstić information content (AvgIpc) is 2.87. The van der Waals surface area contributed by atoms with Crippen LogP contribution < -0.4 is 0 Å². The van der Waals surface area contributed by atoms with Gasteiger partial charge in [-0.3, -0.25) is 0 Å². The Kier molecular flexibility index (Phi) is 4.28. The molecule has 0 saturated heterocycles. The summed E-state index contributed by atoms with van der Waals surface area (Å²) in [4.78, 5) is 0. The van der Waals surface area contributed by atoms with Crippen molar-refractivity contribution in [3.8, 4) is 0 Å². The predicted molar refractivity (Wildman–Crippen MR) is 90.7 cm³/mol. The molecule has 1 unspecified atom stereocenters. The number of aryl methyl sites for hydroxylation is 2. The summed E-state index contributed by atoms with van der Waals surface area (Å²) >= 11 is 0. The molecular formula is C20H23NO. The van der Waals surface area contributed by atoms with E-state index in [4.69, 9.17) is 4.52 Å². The summed E-state index contributed by atoms with van der Waals surface area (Å²) in [5.41, 5.74) is 6.36. The lowest BCUT2D eigenvalue weighted by atomic mass is 9.81. The van der Waals surface area contributed by atoms with Gasteiger partial charge in [-0.15, -0.1) is 0 Å². The first-order valence-corrected chi connectivity index (χ1v) is 8.08. The van der Waals surface area contributed by atoms with E-state index >= 15 is 0 Å². The van der Waals surface area contributed by atoms with E-state index in [-0.39, 0.29) is 0 Å². The van der Waals surface area contributed by atoms with Crippen molar-refractivity contribution in [3.63, 3.8) is 0 Å². The Morgan fingerprint density at radius 2 is 1.95 bits per heavy atom. The molecule has 2 heteroatoms. The zero-order chi connectivity index (χ0) is 15.5. The van der Waals surface area contributed by atoms with Gasteiger partial charge < -0.3 is 4.52 Å². The van der Waals surface area contributed by atoms with E-state index in [1.165, 1.54) is 28.7 Å². The SMILES string of the molecule is CCCC1=CC(c2ccccc2)CC(c2c(C)noc2C)=C1. The first kappa shape index (κ1) is 14.8. The second-order valence-corrected chi connectivity index (χ2v) is 6.08. The van der Waals surface area contributed by atoms with Crippen LogP contribution in [0.25, 0.3) is 5.57 Å². The highest BCUT2D eigenvalue weighted by molar-refractivity contribution is 5.73. The van der Waals surface area contributed by atoms with Crippen LogP contribution in [0, 0.1) is 13.8 Å². The molecule has 1 atom stereocenters. The maximum absolute atomic E-state index is 5.37. The van der Waals surface area contributed by atoms with Crippen molar-refractivity contribution in [2.45, 2.75) is 46.0 Å². The molecule has 0 N–H and O–H groups in total. The highest BCUT2D eigenvalue weighted by Crippen LogP contribution is 2.38. The zero-order valence-electron chi connectivity index (χ0n) is 13.6. The van der Waals surface area contributed by atoms with Crippen molar-refractivity contribution in [3.05, 3.63) is 70.6 Å². The smallest absolute Gasteiger partial charge is 0.141 e. The van der Waals surface area contributed by atoms with Gasteiger partial charge in [0.25, 0.3) is 0 Å². The Morgan fingerprint density at radius 1 is 1.18 bits per heavy atom. The fraction of sp³-hybridized carbons (Fsp3) is 0.350. The Morgan fingerprint density at radius 3 is 2.59 bits per heavy atom. The largest absolute Gasteiger partial charge is 0.361 e. The molecule has 1 heterocycles. The second-order valence-electron chi connectivity index (χ2n) is 6.08. The van der Waals surface area contributed by atoms with Crippen molar-refractivity contribution < 1.29 is 4.52 Å². The van der Waals surface area contributed by atoms with Crippen LogP contribution in [-0.2, 0) is 0 Å². The lowest BCUT2D eigenvalue weighted by molar-refractivity contribution is 0.393. The van der Waals surface area contributed by atoms with Crippen LogP contribution in [0.5, 0.6) is 0 Å². The van der Waals surface area contributed by atoms with Gasteiger partial charge in [-0.05, 0) is 37.8 Å². The maximum Gasteiger partial charge on any atom is 0.141 e. The molecule has 0 bridgehead atoms. The van der Waals surface area contributed by atoms with E-state index in [1.807, 2.05) is 13.8 Å². The number of nitrogens with zero attached hydrogens (tertiary/aromatic N) is 1. The van der Waals surface area contributed by atoms with Crippen LogP contribution in [0.1, 0.15) is 54.7 Å². The van der Waals surface area contributed by atoms with E-state index < -0.39 is 0 Å². The Balaban J connectivity index is 1.99. The second kappa shape index (κ2) is 6.35. The third-order valence-corrected chi connectivity index (χ3v) is 4.34. The predicted octanol–water partition coefficient (Wildman–Crippen LogP) is 5.59. The van der Waals surface area contributed by atoms with Crippen molar-refractivity contribution in [2.24, 2.45) is 0 Å². The molecule has 0 amide bonds. The highest BCUT2D eigenvalue weighted by Gasteiger charge is 2.22. The number of allylic oxidation sites excluding steroid dienone is 4. The zero-order valence-corrected chi connectivity index (χ0v) is 13.6. The Bertz CT molecular complexity index is 687. The minimum atomic E-state index is 0.441. The standard InChI is InChI=1S/C20H23NO/c1-4-8-16-11-18(17-9-6-5-7-10-17)13-19(12-16)20-14(2)21-22-15(20)3/h5-7,9-12,18H,4,8,13H2,1-3H3. The van der Waals surface area contributed by atoms with Crippen molar-refractivity contribution in [2.75, 3.05) is 0 Å². The summed E-state index contributed by atoms with van der Waals surface area (Å²) in [6, 6.07) is 10.8. The molecule has 1 aliphatic carbocycles. The molecule has 1 aromatic carbocycles. The lowest BCUT2D eigenvalue weighted by Crippen LogP contribution is -2.05. The number of rotatable bonds is 4. The van der Waals surface area contributed by atoms with Crippen LogP contribution in [0.4, 0.5) is 0 Å². The molecule has 0 saturated carbocycles. The van der Waals surface area contributed by atoms with Crippen LogP contribution >= 0.6 is 0 Å². The summed E-state index contributed by atoms with van der Waals surface area (Å²) in [6.45, 7) is 6.27. The molecule has 1 aromatic heterocycles. The minimum absolute atomic E-state index is 0.441. The third-order valence-electron chi connectivity index (χ3n) is 4.34. The number of benzene rings is 1. The average molecular weight is 293 g/mol. The molecule has 0 aliphatic heterocycles. The molecular weight excluding hydrogens is 270 g/mol. The van der Waals surface area contributed by atoms with Crippen LogP contribution in [-0.4, -0.2) is 5.16 Å². The molecule has 0 radical (unpaired) electrons. The Hall–Kier alpha value is -2.09. The highest BCUT2D eigenvalue weighted by atomic mass is 16.5. The van der Waals surface area contributed by atoms with E-state index in [0.29, 0.717) is 5.92 Å². The molecule has 2 aromatic rings. The van der Waals surface area contributed by atoms with Crippen LogP contribution in [0.3, 0.4) is 0 Å². The van der Waals surface area contributed by atoms with Gasteiger partial charge in [-0.2, -0.15) is 0 Å². The third kappa shape index (κ3) is 2.92. The first-order chi connectivity index (χ1) is 10.7. The van der Waals surface area contributed by atoms with Crippen molar-refractivity contribution in [1.82, 2.24) is 5.16 Å². The molecule has 114 valence electrons. The normalized spacial score (nSPS) is 18.0. The van der Waals surface area contributed by atoms with E-state index in [9.17, 15) is 0 Å². The lowest BCUT2D eigenvalue weighted by Gasteiger charge is -2.22. The van der Waals surface area contributed by atoms with Crippen LogP contribution in [0.15, 0.2) is 52.6 Å². The van der Waals surface area contributed by atoms with E-state index in [1.54, 1.807) is 0 Å². The van der Waals surface area contributed by atoms with Gasteiger partial charge in [0.2, 0.25) is 0 Å². The van der Waals surface area contributed by atoms with Gasteiger partial charge in [0.05, 0.1) is 5.69 Å².